The lowest BCUT2D eigenvalue weighted by Crippen LogP contribution is -2.24. The van der Waals surface area contributed by atoms with E-state index < -0.39 is 15.8 Å². The molecule has 162 valence electrons. The Balaban J connectivity index is 1.60. The second-order valence-corrected chi connectivity index (χ2v) is 9.46. The Morgan fingerprint density at radius 2 is 1.74 bits per heavy atom. The van der Waals surface area contributed by atoms with Crippen LogP contribution >= 0.6 is 11.8 Å². The van der Waals surface area contributed by atoms with Crippen LogP contribution in [-0.4, -0.2) is 25.9 Å². The molecule has 0 atom stereocenters. The lowest BCUT2D eigenvalue weighted by atomic mass is 10.2. The van der Waals surface area contributed by atoms with Crippen molar-refractivity contribution in [1.29, 1.82) is 0 Å². The van der Waals surface area contributed by atoms with Crippen molar-refractivity contribution in [3.8, 4) is 0 Å². The lowest BCUT2D eigenvalue weighted by Gasteiger charge is -2.09. The maximum absolute atomic E-state index is 13.0. The molecule has 1 aromatic heterocycles. The number of amides is 1. The van der Waals surface area contributed by atoms with E-state index in [0.29, 0.717) is 22.8 Å². The topological polar surface area (TPSA) is 88.2 Å². The molecule has 0 aliphatic rings. The van der Waals surface area contributed by atoms with Crippen LogP contribution in [0.1, 0.15) is 30.1 Å². The van der Waals surface area contributed by atoms with Crippen molar-refractivity contribution in [2.75, 3.05) is 11.3 Å². The molecule has 0 aliphatic carbocycles. The third kappa shape index (κ3) is 6.53. The maximum atomic E-state index is 13.0. The summed E-state index contributed by atoms with van der Waals surface area (Å²) in [5.74, 6) is -0.644. The number of pyridine rings is 1. The summed E-state index contributed by atoms with van der Waals surface area (Å²) >= 11 is 1.39. The summed E-state index contributed by atoms with van der Waals surface area (Å²) in [4.78, 5) is 17.2. The smallest absolute Gasteiger partial charge is 0.261 e. The highest BCUT2D eigenvalue weighted by Crippen LogP contribution is 2.27. The van der Waals surface area contributed by atoms with Crippen LogP contribution in [-0.2, 0) is 10.0 Å². The Labute approximate surface area is 185 Å². The summed E-state index contributed by atoms with van der Waals surface area (Å²) in [5, 5.41) is 3.56. The van der Waals surface area contributed by atoms with E-state index in [9.17, 15) is 17.6 Å². The number of nitrogens with one attached hydrogen (secondary N) is 2. The summed E-state index contributed by atoms with van der Waals surface area (Å²) in [5.41, 5.74) is 0.895. The summed E-state index contributed by atoms with van der Waals surface area (Å²) in [6, 6.07) is 14.9. The predicted molar refractivity (Wildman–Crippen MR) is 119 cm³/mol. The molecule has 31 heavy (non-hydrogen) atoms. The van der Waals surface area contributed by atoms with Crippen LogP contribution in [0, 0.1) is 5.82 Å². The zero-order valence-corrected chi connectivity index (χ0v) is 18.5. The van der Waals surface area contributed by atoms with E-state index in [2.05, 4.69) is 21.9 Å². The van der Waals surface area contributed by atoms with E-state index in [1.165, 1.54) is 30.1 Å². The lowest BCUT2D eigenvalue weighted by molar-refractivity contribution is 0.0952. The van der Waals surface area contributed by atoms with Gasteiger partial charge >= 0.3 is 0 Å². The van der Waals surface area contributed by atoms with E-state index in [-0.39, 0.29) is 10.8 Å². The van der Waals surface area contributed by atoms with Crippen molar-refractivity contribution in [1.82, 2.24) is 10.3 Å². The highest BCUT2D eigenvalue weighted by atomic mass is 32.2. The molecule has 0 aliphatic heterocycles. The van der Waals surface area contributed by atoms with Gasteiger partial charge in [-0.05, 0) is 67.1 Å². The number of anilines is 1. The number of hydrogen-bond donors (Lipinski definition) is 2. The molecule has 1 heterocycles. The van der Waals surface area contributed by atoms with Gasteiger partial charge in [-0.15, -0.1) is 0 Å². The average molecular weight is 460 g/mol. The zero-order chi connectivity index (χ0) is 22.3. The highest BCUT2D eigenvalue weighted by Gasteiger charge is 2.14. The SMILES string of the molecule is CCCCNC(=O)c1ccc(Sc2ccc(NS(=O)(=O)c3ccc(F)cc3)cc2)nc1. The molecule has 3 aromatic rings. The van der Waals surface area contributed by atoms with Gasteiger partial charge in [-0.3, -0.25) is 9.52 Å². The fourth-order valence-corrected chi connectivity index (χ4v) is 4.41. The monoisotopic (exact) mass is 459 g/mol. The average Bonchev–Trinajstić information content (AvgIpc) is 2.76. The molecular formula is C22H22FN3O3S2. The van der Waals surface area contributed by atoms with Crippen molar-refractivity contribution >= 4 is 33.4 Å². The number of benzene rings is 2. The number of rotatable bonds is 9. The molecule has 0 radical (unpaired) electrons. The second-order valence-electron chi connectivity index (χ2n) is 6.68. The molecular weight excluding hydrogens is 437 g/mol. The minimum Gasteiger partial charge on any atom is -0.352 e. The van der Waals surface area contributed by atoms with Crippen molar-refractivity contribution in [2.24, 2.45) is 0 Å². The van der Waals surface area contributed by atoms with E-state index in [1.54, 1.807) is 36.4 Å². The molecule has 0 saturated heterocycles. The van der Waals surface area contributed by atoms with Crippen LogP contribution in [0.3, 0.4) is 0 Å². The quantitative estimate of drug-likeness (QED) is 0.453. The third-order valence-electron chi connectivity index (χ3n) is 4.27. The molecule has 3 rings (SSSR count). The molecule has 2 N–H and O–H groups in total. The Bertz CT molecular complexity index is 1120. The normalized spacial score (nSPS) is 11.2. The third-order valence-corrected chi connectivity index (χ3v) is 6.62. The molecule has 0 bridgehead atoms. The molecule has 0 saturated carbocycles. The number of unbranched alkanes of at least 4 members (excludes halogenated alkanes) is 1. The van der Waals surface area contributed by atoms with Crippen molar-refractivity contribution in [2.45, 2.75) is 34.6 Å². The molecule has 0 fully saturated rings. The minimum absolute atomic E-state index is 0.0182. The standard InChI is InChI=1S/C22H22FN3O3S2/c1-2-3-14-24-22(27)16-4-13-21(25-15-16)30-19-9-7-18(8-10-19)26-31(28,29)20-11-5-17(23)6-12-20/h4-13,15,26H,2-3,14H2,1H3,(H,24,27). The summed E-state index contributed by atoms with van der Waals surface area (Å²) in [6.07, 6.45) is 3.48. The Hall–Kier alpha value is -2.91. The number of aromatic nitrogens is 1. The van der Waals surface area contributed by atoms with Crippen LogP contribution < -0.4 is 10.0 Å². The number of halogens is 1. The van der Waals surface area contributed by atoms with Crippen LogP contribution in [0.2, 0.25) is 0 Å². The van der Waals surface area contributed by atoms with Crippen LogP contribution in [0.25, 0.3) is 0 Å². The summed E-state index contributed by atoms with van der Waals surface area (Å²) in [6.45, 7) is 2.70. The summed E-state index contributed by atoms with van der Waals surface area (Å²) < 4.78 is 40.2. The molecule has 9 heteroatoms. The van der Waals surface area contributed by atoms with Crippen LogP contribution in [0.5, 0.6) is 0 Å². The van der Waals surface area contributed by atoms with Gasteiger partial charge in [0.2, 0.25) is 0 Å². The van der Waals surface area contributed by atoms with Gasteiger partial charge in [-0.25, -0.2) is 17.8 Å². The van der Waals surface area contributed by atoms with E-state index in [4.69, 9.17) is 0 Å². The Kier molecular flexibility index (Phi) is 7.64. The summed E-state index contributed by atoms with van der Waals surface area (Å²) in [7, 11) is -3.80. The molecule has 1 amide bonds. The molecule has 0 spiro atoms. The number of sulfonamides is 1. The number of nitrogens with zero attached hydrogens (tertiary/aromatic N) is 1. The van der Waals surface area contributed by atoms with Gasteiger partial charge in [0.25, 0.3) is 15.9 Å². The molecule has 0 unspecified atom stereocenters. The Morgan fingerprint density at radius 3 is 2.35 bits per heavy atom. The minimum atomic E-state index is -3.80. The first-order valence-electron chi connectivity index (χ1n) is 9.68. The molecule has 6 nitrogen and oxygen atoms in total. The molecule has 2 aromatic carbocycles. The van der Waals surface area contributed by atoms with Crippen molar-refractivity contribution < 1.29 is 17.6 Å². The van der Waals surface area contributed by atoms with Crippen LogP contribution in [0.15, 0.2) is 81.7 Å². The zero-order valence-electron chi connectivity index (χ0n) is 16.8. The number of hydrogen-bond acceptors (Lipinski definition) is 5. The fraction of sp³-hybridized carbons (Fsp3) is 0.182. The van der Waals surface area contributed by atoms with Gasteiger partial charge in [0, 0.05) is 23.3 Å². The van der Waals surface area contributed by atoms with Gasteiger partial charge in [-0.1, -0.05) is 25.1 Å². The predicted octanol–water partition coefficient (Wildman–Crippen LogP) is 4.70. The highest BCUT2D eigenvalue weighted by molar-refractivity contribution is 7.99. The maximum Gasteiger partial charge on any atom is 0.261 e. The van der Waals surface area contributed by atoms with E-state index >= 15 is 0 Å². The number of carbonyl (C=O) groups is 1. The van der Waals surface area contributed by atoms with E-state index in [0.717, 1.165) is 29.9 Å². The van der Waals surface area contributed by atoms with Crippen molar-refractivity contribution in [3.05, 3.63) is 78.2 Å². The van der Waals surface area contributed by atoms with Gasteiger partial charge < -0.3 is 5.32 Å². The van der Waals surface area contributed by atoms with Gasteiger partial charge in [0.1, 0.15) is 10.8 Å². The van der Waals surface area contributed by atoms with Gasteiger partial charge in [0.05, 0.1) is 10.5 Å². The Morgan fingerprint density at radius 1 is 1.03 bits per heavy atom. The number of carbonyl (C=O) groups excluding carboxylic acids is 1. The first-order chi connectivity index (χ1) is 14.9. The first kappa shape index (κ1) is 22.8. The van der Waals surface area contributed by atoms with Gasteiger partial charge in [-0.2, -0.15) is 0 Å². The van der Waals surface area contributed by atoms with Gasteiger partial charge in [0.15, 0.2) is 0 Å². The van der Waals surface area contributed by atoms with Crippen molar-refractivity contribution in [3.63, 3.8) is 0 Å². The first-order valence-corrected chi connectivity index (χ1v) is 12.0. The second kappa shape index (κ2) is 10.4. The van der Waals surface area contributed by atoms with Crippen LogP contribution in [0.4, 0.5) is 10.1 Å². The largest absolute Gasteiger partial charge is 0.352 e. The van der Waals surface area contributed by atoms with E-state index in [1.807, 2.05) is 0 Å². The fourth-order valence-electron chi connectivity index (χ4n) is 2.60.